The minimum absolute atomic E-state index is 0.112. The summed E-state index contributed by atoms with van der Waals surface area (Å²) in [6.07, 6.45) is -1.98. The van der Waals surface area contributed by atoms with Gasteiger partial charge in [-0.05, 0) is 12.1 Å². The molecule has 0 saturated carbocycles. The molecule has 0 bridgehead atoms. The van der Waals surface area contributed by atoms with Crippen LogP contribution in [0, 0.1) is 0 Å². The SMILES string of the molecule is O=C/N=C1/Nc2ccccc2O/C1=C/NC1OC(COP)C(O)C1O. The third-order valence-electron chi connectivity index (χ3n) is 3.78. The lowest BCUT2D eigenvalue weighted by Crippen LogP contribution is -2.39. The summed E-state index contributed by atoms with van der Waals surface area (Å²) in [6.45, 7) is 0.112. The Morgan fingerprint density at radius 2 is 2.16 bits per heavy atom. The number of nitrogens with one attached hydrogen (secondary N) is 2. The van der Waals surface area contributed by atoms with Crippen molar-refractivity contribution in [2.75, 3.05) is 11.9 Å². The molecule has 1 aromatic rings. The second-order valence-electron chi connectivity index (χ2n) is 5.39. The van der Waals surface area contributed by atoms with E-state index >= 15 is 0 Å². The van der Waals surface area contributed by atoms with E-state index in [1.54, 1.807) is 18.2 Å². The van der Waals surface area contributed by atoms with Crippen LogP contribution in [-0.2, 0) is 14.1 Å². The number of aliphatic hydroxyl groups is 2. The van der Waals surface area contributed by atoms with Gasteiger partial charge in [0.15, 0.2) is 23.6 Å². The monoisotopic (exact) mass is 367 g/mol. The normalized spacial score (nSPS) is 31.3. The molecule has 2 aliphatic heterocycles. The van der Waals surface area contributed by atoms with E-state index in [0.29, 0.717) is 17.8 Å². The van der Waals surface area contributed by atoms with Crippen LogP contribution in [0.2, 0.25) is 0 Å². The number of aliphatic imine (C=N–C) groups is 1. The minimum Gasteiger partial charge on any atom is -0.450 e. The van der Waals surface area contributed by atoms with Gasteiger partial charge in [-0.25, -0.2) is 0 Å². The summed E-state index contributed by atoms with van der Waals surface area (Å²) in [6, 6.07) is 7.16. The van der Waals surface area contributed by atoms with E-state index in [4.69, 9.17) is 14.0 Å². The number of benzene rings is 1. The molecule has 1 aromatic carbocycles. The molecule has 25 heavy (non-hydrogen) atoms. The molecule has 0 aromatic heterocycles. The van der Waals surface area contributed by atoms with Gasteiger partial charge in [0.25, 0.3) is 0 Å². The van der Waals surface area contributed by atoms with Gasteiger partial charge >= 0.3 is 0 Å². The highest BCUT2D eigenvalue weighted by Gasteiger charge is 2.42. The highest BCUT2D eigenvalue weighted by Crippen LogP contribution is 2.30. The first kappa shape index (κ1) is 17.8. The Kier molecular flexibility index (Phi) is 5.62. The zero-order valence-corrected chi connectivity index (χ0v) is 14.2. The van der Waals surface area contributed by atoms with E-state index in [2.05, 4.69) is 25.1 Å². The number of hydrogen-bond acceptors (Lipinski definition) is 7. The first-order chi connectivity index (χ1) is 12.1. The van der Waals surface area contributed by atoms with Gasteiger partial charge in [0.05, 0.1) is 12.3 Å². The number of rotatable bonds is 5. The molecule has 0 spiro atoms. The number of carbonyl (C=O) groups excluding carboxylic acids is 1. The van der Waals surface area contributed by atoms with Crippen LogP contribution in [0.15, 0.2) is 41.2 Å². The van der Waals surface area contributed by atoms with Gasteiger partial charge in [-0.15, -0.1) is 0 Å². The fourth-order valence-corrected chi connectivity index (χ4v) is 2.73. The molecule has 134 valence electrons. The van der Waals surface area contributed by atoms with E-state index in [9.17, 15) is 15.0 Å². The van der Waals surface area contributed by atoms with Crippen molar-refractivity contribution < 1.29 is 29.0 Å². The predicted octanol–water partition coefficient (Wildman–Crippen LogP) is -0.270. The van der Waals surface area contributed by atoms with E-state index in [-0.39, 0.29) is 18.2 Å². The van der Waals surface area contributed by atoms with Gasteiger partial charge in [-0.2, -0.15) is 4.99 Å². The smallest absolute Gasteiger partial charge is 0.234 e. The molecular formula is C15H18N3O6P. The maximum atomic E-state index is 10.8. The highest BCUT2D eigenvalue weighted by atomic mass is 31.0. The summed E-state index contributed by atoms with van der Waals surface area (Å²) < 4.78 is 16.1. The molecular weight excluding hydrogens is 349 g/mol. The van der Waals surface area contributed by atoms with E-state index in [1.165, 1.54) is 6.20 Å². The van der Waals surface area contributed by atoms with Gasteiger partial charge in [-0.1, -0.05) is 12.1 Å². The van der Waals surface area contributed by atoms with Crippen LogP contribution in [0.4, 0.5) is 5.69 Å². The van der Waals surface area contributed by atoms with Crippen molar-refractivity contribution in [3.8, 4) is 5.75 Å². The van der Waals surface area contributed by atoms with Crippen molar-refractivity contribution in [1.29, 1.82) is 0 Å². The summed E-state index contributed by atoms with van der Waals surface area (Å²) in [5, 5.41) is 25.8. The third-order valence-corrected chi connectivity index (χ3v) is 3.97. The summed E-state index contributed by atoms with van der Waals surface area (Å²) in [4.78, 5) is 14.5. The number of ether oxygens (including phenoxy) is 2. The van der Waals surface area contributed by atoms with Crippen LogP contribution >= 0.6 is 9.47 Å². The molecule has 2 aliphatic rings. The van der Waals surface area contributed by atoms with Gasteiger partial charge in [0.2, 0.25) is 6.41 Å². The number of amidine groups is 1. The lowest BCUT2D eigenvalue weighted by molar-refractivity contribution is -0.106. The third kappa shape index (κ3) is 3.81. The van der Waals surface area contributed by atoms with Crippen LogP contribution in [-0.4, -0.2) is 53.6 Å². The molecule has 0 radical (unpaired) electrons. The van der Waals surface area contributed by atoms with Crippen LogP contribution in [0.5, 0.6) is 5.75 Å². The largest absolute Gasteiger partial charge is 0.450 e. The Bertz CT molecular complexity index is 698. The van der Waals surface area contributed by atoms with Crippen molar-refractivity contribution in [3.63, 3.8) is 0 Å². The second-order valence-corrected chi connectivity index (χ2v) is 5.72. The van der Waals surface area contributed by atoms with E-state index < -0.39 is 24.5 Å². The number of hydrogen-bond donors (Lipinski definition) is 4. The molecule has 5 unspecified atom stereocenters. The van der Waals surface area contributed by atoms with Crippen LogP contribution < -0.4 is 15.4 Å². The summed E-state index contributed by atoms with van der Waals surface area (Å²) in [5.41, 5.74) is 0.672. The molecule has 4 N–H and O–H groups in total. The number of nitrogens with zero attached hydrogens (tertiary/aromatic N) is 1. The quantitative estimate of drug-likeness (QED) is 0.415. The van der Waals surface area contributed by atoms with Crippen LogP contribution in [0.3, 0.4) is 0 Å². The Labute approximate surface area is 146 Å². The highest BCUT2D eigenvalue weighted by molar-refractivity contribution is 7.09. The Morgan fingerprint density at radius 3 is 2.92 bits per heavy atom. The molecule has 0 aliphatic carbocycles. The van der Waals surface area contributed by atoms with Gasteiger partial charge in [0, 0.05) is 15.7 Å². The Hall–Kier alpha value is -2.03. The molecule has 1 saturated heterocycles. The molecule has 3 rings (SSSR count). The van der Waals surface area contributed by atoms with Crippen molar-refractivity contribution in [1.82, 2.24) is 5.32 Å². The second kappa shape index (κ2) is 7.90. The van der Waals surface area contributed by atoms with Crippen LogP contribution in [0.25, 0.3) is 0 Å². The zero-order chi connectivity index (χ0) is 17.8. The van der Waals surface area contributed by atoms with Crippen LogP contribution in [0.1, 0.15) is 0 Å². The van der Waals surface area contributed by atoms with E-state index in [1.807, 2.05) is 6.07 Å². The fraction of sp³-hybridized carbons (Fsp3) is 0.333. The lowest BCUT2D eigenvalue weighted by atomic mass is 10.1. The average Bonchev–Trinajstić information content (AvgIpc) is 2.88. The predicted molar refractivity (Wildman–Crippen MR) is 91.7 cm³/mol. The van der Waals surface area contributed by atoms with Crippen molar-refractivity contribution in [3.05, 3.63) is 36.2 Å². The van der Waals surface area contributed by atoms with Gasteiger partial charge in [-0.3, -0.25) is 4.79 Å². The standard InChI is InChI=1S/C15H18N3O6P/c19-7-17-14-10(23-9-4-2-1-3-8(9)18-14)5-16-15-13(21)12(20)11(24-15)6-22-25/h1-5,7,11-13,15-16,20-21H,6,25H2,(H,17,18,19)/b10-5+. The Morgan fingerprint density at radius 1 is 1.36 bits per heavy atom. The molecule has 10 heteroatoms. The first-order valence-corrected chi connectivity index (χ1v) is 7.96. The average molecular weight is 367 g/mol. The number of amides is 1. The molecule has 9 nitrogen and oxygen atoms in total. The fourth-order valence-electron chi connectivity index (χ4n) is 2.54. The topological polar surface area (TPSA) is 122 Å². The van der Waals surface area contributed by atoms with Gasteiger partial charge in [0.1, 0.15) is 18.3 Å². The van der Waals surface area contributed by atoms with Crippen molar-refractivity contribution in [2.45, 2.75) is 24.5 Å². The molecule has 1 amide bonds. The van der Waals surface area contributed by atoms with Gasteiger partial charge < -0.3 is 34.8 Å². The maximum Gasteiger partial charge on any atom is 0.234 e. The van der Waals surface area contributed by atoms with Crippen molar-refractivity contribution in [2.24, 2.45) is 4.99 Å². The molecule has 2 heterocycles. The van der Waals surface area contributed by atoms with Crippen molar-refractivity contribution >= 4 is 27.4 Å². The summed E-state index contributed by atoms with van der Waals surface area (Å²) >= 11 is 0. The molecule has 1 fully saturated rings. The first-order valence-electron chi connectivity index (χ1n) is 7.49. The zero-order valence-electron chi connectivity index (χ0n) is 13.0. The number of fused-ring (bicyclic) bond motifs is 1. The van der Waals surface area contributed by atoms with E-state index in [0.717, 1.165) is 0 Å². The molecule has 5 atom stereocenters. The minimum atomic E-state index is -1.16. The maximum absolute atomic E-state index is 10.8. The Balaban J connectivity index is 1.76. The number of para-hydroxylation sites is 2. The summed E-state index contributed by atoms with van der Waals surface area (Å²) in [5.74, 6) is 1.00. The number of carbonyl (C=O) groups is 1. The summed E-state index contributed by atoms with van der Waals surface area (Å²) in [7, 11) is 2.06. The number of anilines is 1. The lowest BCUT2D eigenvalue weighted by Gasteiger charge is -2.23. The number of aliphatic hydroxyl groups excluding tert-OH is 2.